The van der Waals surface area contributed by atoms with Crippen molar-refractivity contribution in [1.82, 2.24) is 9.97 Å². The van der Waals surface area contributed by atoms with E-state index in [1.165, 1.54) is 0 Å². The molecule has 0 bridgehead atoms. The number of fused-ring (bicyclic) bond motifs is 7. The van der Waals surface area contributed by atoms with Crippen LogP contribution in [0.2, 0.25) is 0 Å². The number of ketones is 1. The van der Waals surface area contributed by atoms with E-state index in [1.807, 2.05) is 66.7 Å². The predicted molar refractivity (Wildman–Crippen MR) is 187 cm³/mol. The van der Waals surface area contributed by atoms with Gasteiger partial charge in [-0.1, -0.05) is 30.3 Å². The molecule has 2 aliphatic heterocycles. The molecule has 1 unspecified atom stereocenters. The summed E-state index contributed by atoms with van der Waals surface area (Å²) in [4.78, 5) is 49.3. The Morgan fingerprint density at radius 1 is 0.848 bits per heavy atom. The van der Waals surface area contributed by atoms with Gasteiger partial charge in [0.15, 0.2) is 0 Å². The van der Waals surface area contributed by atoms with Crippen LogP contribution in [-0.2, 0) is 17.6 Å². The van der Waals surface area contributed by atoms with E-state index in [9.17, 15) is 19.5 Å². The third-order valence-corrected chi connectivity index (χ3v) is 9.56. The van der Waals surface area contributed by atoms with E-state index in [2.05, 4.69) is 9.97 Å². The average molecular weight is 651 g/mol. The lowest BCUT2D eigenvalue weighted by atomic mass is 9.95. The zero-order chi connectivity index (χ0) is 31.0. The first kappa shape index (κ1) is 30.0. The van der Waals surface area contributed by atoms with Crippen LogP contribution in [0.1, 0.15) is 50.5 Å². The molecule has 0 saturated carbocycles. The second-order valence-electron chi connectivity index (χ2n) is 12.0. The lowest BCUT2D eigenvalue weighted by Crippen LogP contribution is -2.30. The Balaban J connectivity index is 0.00000338. The number of nitrogens with one attached hydrogen (secondary N) is 2. The average Bonchev–Trinajstić information content (AvgIpc) is 3.82. The molecular weight excluding hydrogens is 620 g/mol. The Hall–Kier alpha value is -4.73. The first-order chi connectivity index (χ1) is 21.8. The number of H-pyrrole nitrogens is 2. The van der Waals surface area contributed by atoms with Crippen molar-refractivity contribution >= 4 is 86.6 Å². The number of Topliss-reactive ketones (excluding diaryl/α,β-unsaturated/α-hetero) is 1. The number of phenols is 1. The zero-order valence-electron chi connectivity index (χ0n) is 25.0. The summed E-state index contributed by atoms with van der Waals surface area (Å²) in [6.07, 6.45) is 1.02. The number of rotatable bonds is 5. The number of carbonyl (C=O) groups is 3. The predicted octanol–water partition coefficient (Wildman–Crippen LogP) is 6.94. The molecule has 0 fully saturated rings. The number of aromatic hydroxyl groups is 1. The van der Waals surface area contributed by atoms with Crippen LogP contribution in [0.4, 0.5) is 11.4 Å². The number of benzene rings is 4. The molecular formula is C36H31ClN4O4S. The zero-order valence-corrected chi connectivity index (χ0v) is 26.7. The number of hydrogen-bond acceptors (Lipinski definition) is 4. The summed E-state index contributed by atoms with van der Waals surface area (Å²) in [5.74, 6) is 0.186. The van der Waals surface area contributed by atoms with Crippen molar-refractivity contribution in [3.63, 3.8) is 0 Å². The van der Waals surface area contributed by atoms with E-state index >= 15 is 0 Å². The van der Waals surface area contributed by atoms with E-state index in [0.29, 0.717) is 48.9 Å². The highest BCUT2D eigenvalue weighted by molar-refractivity contribution is 7.59. The van der Waals surface area contributed by atoms with Crippen LogP contribution in [-0.4, -0.2) is 51.6 Å². The Morgan fingerprint density at radius 2 is 1.57 bits per heavy atom. The number of amides is 2. The monoisotopic (exact) mass is 650 g/mol. The van der Waals surface area contributed by atoms with E-state index < -0.39 is 0 Å². The second kappa shape index (κ2) is 11.3. The molecule has 8 rings (SSSR count). The van der Waals surface area contributed by atoms with Gasteiger partial charge in [-0.3, -0.25) is 14.4 Å². The molecule has 0 saturated heterocycles. The van der Waals surface area contributed by atoms with Gasteiger partial charge in [0.25, 0.3) is 11.8 Å². The standard InChI is InChI=1S/C36H29ClN4O4.H2S/c1-19(42)12-20-6-7-27-21(13-20)14-29(38-27)35(44)40-11-10-23-26-15-30(39-28(26)8-9-31(23)40)36(45)41-18-22(17-37)34-25-5-3-2-4-24(25)33(43)16-32(34)41;/h2-9,13-16,22,38-39,43H,10-12,17-18H2,1H3;1H2. The molecule has 8 nitrogen and oxygen atoms in total. The Bertz CT molecular complexity index is 2240. The van der Waals surface area contributed by atoms with Crippen molar-refractivity contribution in [3.8, 4) is 5.75 Å². The number of aromatic amines is 2. The van der Waals surface area contributed by atoms with Crippen molar-refractivity contribution < 1.29 is 19.5 Å². The van der Waals surface area contributed by atoms with Crippen LogP contribution >= 0.6 is 25.1 Å². The Kier molecular flexibility index (Phi) is 7.33. The highest BCUT2D eigenvalue weighted by Crippen LogP contribution is 2.46. The van der Waals surface area contributed by atoms with Gasteiger partial charge >= 0.3 is 0 Å². The minimum atomic E-state index is -0.198. The summed E-state index contributed by atoms with van der Waals surface area (Å²) < 4.78 is 0. The molecule has 46 heavy (non-hydrogen) atoms. The van der Waals surface area contributed by atoms with Crippen molar-refractivity contribution in [2.45, 2.75) is 25.7 Å². The fourth-order valence-corrected chi connectivity index (χ4v) is 7.42. The maximum atomic E-state index is 14.0. The minimum Gasteiger partial charge on any atom is -0.507 e. The smallest absolute Gasteiger partial charge is 0.274 e. The Morgan fingerprint density at radius 3 is 2.35 bits per heavy atom. The fourth-order valence-electron chi connectivity index (χ4n) is 7.17. The summed E-state index contributed by atoms with van der Waals surface area (Å²) in [6, 6.07) is 22.6. The first-order valence-corrected chi connectivity index (χ1v) is 15.5. The van der Waals surface area contributed by atoms with Crippen LogP contribution in [0.3, 0.4) is 0 Å². The molecule has 3 N–H and O–H groups in total. The Labute approximate surface area is 276 Å². The largest absolute Gasteiger partial charge is 0.507 e. The quantitative estimate of drug-likeness (QED) is 0.176. The topological polar surface area (TPSA) is 110 Å². The molecule has 0 radical (unpaired) electrons. The molecule has 10 heteroatoms. The minimum absolute atomic E-state index is 0. The van der Waals surface area contributed by atoms with E-state index in [4.69, 9.17) is 11.6 Å². The molecule has 4 heterocycles. The van der Waals surface area contributed by atoms with Crippen LogP contribution in [0.15, 0.2) is 72.8 Å². The number of alkyl halides is 1. The van der Waals surface area contributed by atoms with Crippen molar-refractivity contribution in [3.05, 3.63) is 101 Å². The highest BCUT2D eigenvalue weighted by atomic mass is 35.5. The molecule has 6 aromatic rings. The molecule has 0 spiro atoms. The first-order valence-electron chi connectivity index (χ1n) is 15.0. The maximum Gasteiger partial charge on any atom is 0.274 e. The number of phenolic OH excluding ortho intramolecular Hbond substituents is 1. The SMILES string of the molecule is CC(=O)Cc1ccc2[nH]c(C(=O)N3CCc4c3ccc3[nH]c(C(=O)N5CC(CCl)c6c5cc(O)c5ccccc65)cc43)cc2c1.S. The summed E-state index contributed by atoms with van der Waals surface area (Å²) in [5.41, 5.74) is 7.00. The van der Waals surface area contributed by atoms with E-state index in [1.54, 1.807) is 22.8 Å². The van der Waals surface area contributed by atoms with E-state index in [-0.39, 0.29) is 42.8 Å². The summed E-state index contributed by atoms with van der Waals surface area (Å²) in [7, 11) is 0. The van der Waals surface area contributed by atoms with Gasteiger partial charge in [-0.25, -0.2) is 0 Å². The molecule has 232 valence electrons. The highest BCUT2D eigenvalue weighted by Gasteiger charge is 2.36. The number of nitrogens with zero attached hydrogens (tertiary/aromatic N) is 2. The fraction of sp³-hybridized carbons (Fsp3) is 0.194. The van der Waals surface area contributed by atoms with Crippen molar-refractivity contribution in [2.24, 2.45) is 0 Å². The van der Waals surface area contributed by atoms with Crippen molar-refractivity contribution in [1.29, 1.82) is 0 Å². The number of hydrogen-bond donors (Lipinski definition) is 3. The normalized spacial score (nSPS) is 15.4. The molecule has 1 atom stereocenters. The van der Waals surface area contributed by atoms with Crippen LogP contribution in [0.25, 0.3) is 32.6 Å². The number of anilines is 2. The van der Waals surface area contributed by atoms with Gasteiger partial charge in [-0.2, -0.15) is 13.5 Å². The lowest BCUT2D eigenvalue weighted by Gasteiger charge is -2.17. The molecule has 2 aromatic heterocycles. The lowest BCUT2D eigenvalue weighted by molar-refractivity contribution is -0.116. The number of aromatic nitrogens is 2. The third kappa shape index (κ3) is 4.65. The van der Waals surface area contributed by atoms with Crippen LogP contribution in [0, 0.1) is 0 Å². The van der Waals surface area contributed by atoms with Crippen LogP contribution < -0.4 is 9.80 Å². The van der Waals surface area contributed by atoms with Gasteiger partial charge < -0.3 is 24.9 Å². The molecule has 0 aliphatic carbocycles. The van der Waals surface area contributed by atoms with Gasteiger partial charge in [0, 0.05) is 70.3 Å². The third-order valence-electron chi connectivity index (χ3n) is 9.19. The van der Waals surface area contributed by atoms with Crippen molar-refractivity contribution in [2.75, 3.05) is 28.8 Å². The van der Waals surface area contributed by atoms with Gasteiger partial charge in [-0.15, -0.1) is 11.6 Å². The number of halogens is 1. The molecule has 4 aromatic carbocycles. The maximum absolute atomic E-state index is 14.0. The van der Waals surface area contributed by atoms with Gasteiger partial charge in [0.1, 0.15) is 22.9 Å². The van der Waals surface area contributed by atoms with Gasteiger partial charge in [-0.05, 0) is 71.8 Å². The number of carbonyl (C=O) groups excluding carboxylic acids is 3. The molecule has 2 amide bonds. The van der Waals surface area contributed by atoms with Gasteiger partial charge in [0.2, 0.25) is 0 Å². The van der Waals surface area contributed by atoms with Gasteiger partial charge in [0.05, 0.1) is 5.69 Å². The summed E-state index contributed by atoms with van der Waals surface area (Å²) >= 11 is 6.40. The molecule has 2 aliphatic rings. The van der Waals surface area contributed by atoms with Crippen LogP contribution in [0.5, 0.6) is 5.75 Å². The summed E-state index contributed by atoms with van der Waals surface area (Å²) in [5, 5.41) is 14.2. The van der Waals surface area contributed by atoms with E-state index in [0.717, 1.165) is 55.0 Å². The summed E-state index contributed by atoms with van der Waals surface area (Å²) in [6.45, 7) is 2.51. The second-order valence-corrected chi connectivity index (χ2v) is 12.3.